The van der Waals surface area contributed by atoms with E-state index in [1.54, 1.807) is 23.0 Å². The first-order chi connectivity index (χ1) is 21.7. The van der Waals surface area contributed by atoms with Crippen molar-refractivity contribution in [2.45, 2.75) is 32.0 Å². The summed E-state index contributed by atoms with van der Waals surface area (Å²) in [5, 5.41) is 10.9. The van der Waals surface area contributed by atoms with E-state index in [9.17, 15) is 23.3 Å². The topological polar surface area (TPSA) is 130 Å². The van der Waals surface area contributed by atoms with Gasteiger partial charge in [-0.1, -0.05) is 6.07 Å². The van der Waals surface area contributed by atoms with E-state index in [1.807, 2.05) is 18.2 Å². The van der Waals surface area contributed by atoms with E-state index in [2.05, 4.69) is 29.5 Å². The molecule has 1 saturated heterocycles. The number of fused-ring (bicyclic) bond motifs is 1. The summed E-state index contributed by atoms with van der Waals surface area (Å²) in [7, 11) is 0. The third-order valence-electron chi connectivity index (χ3n) is 7.21. The van der Waals surface area contributed by atoms with Crippen LogP contribution in [-0.4, -0.2) is 74.6 Å². The van der Waals surface area contributed by atoms with Gasteiger partial charge in [-0.15, -0.1) is 13.2 Å². The standard InChI is InChI=1S/C29H28F3N7O6/c30-29(31,32)45-22-4-2-21(3-5-22)43-27-8-1-20(15-34-27)17-36-11-13-37(14-12-36)25-7-6-23(16-33-25)42-19-24-9-10-38-18-26(39(40)41)35-28(38)44-24/h1-8,15-16,18,24H,9-14,17,19H2. The summed E-state index contributed by atoms with van der Waals surface area (Å²) in [6, 6.07) is 12.8. The Morgan fingerprint density at radius 3 is 2.36 bits per heavy atom. The van der Waals surface area contributed by atoms with Crippen LogP contribution in [-0.2, 0) is 13.1 Å². The molecule has 0 aliphatic carbocycles. The normalized spacial score (nSPS) is 16.9. The average Bonchev–Trinajstić information content (AvgIpc) is 3.46. The van der Waals surface area contributed by atoms with Crippen LogP contribution in [0.25, 0.3) is 0 Å². The van der Waals surface area contributed by atoms with Crippen molar-refractivity contribution in [1.82, 2.24) is 24.4 Å². The van der Waals surface area contributed by atoms with Gasteiger partial charge in [-0.25, -0.2) is 9.97 Å². The highest BCUT2D eigenvalue weighted by Crippen LogP contribution is 2.28. The maximum atomic E-state index is 12.3. The molecule has 16 heteroatoms. The molecule has 1 atom stereocenters. The van der Waals surface area contributed by atoms with Crippen molar-refractivity contribution in [2.75, 3.05) is 37.7 Å². The number of aromatic nitrogens is 4. The molecule has 1 unspecified atom stereocenters. The number of anilines is 1. The highest BCUT2D eigenvalue weighted by molar-refractivity contribution is 5.41. The first-order valence-corrected chi connectivity index (χ1v) is 14.1. The molecule has 3 aromatic heterocycles. The molecule has 2 aliphatic rings. The summed E-state index contributed by atoms with van der Waals surface area (Å²) in [5.74, 6) is 1.57. The van der Waals surface area contributed by atoms with Crippen LogP contribution in [0.4, 0.5) is 24.8 Å². The minimum Gasteiger partial charge on any atom is -0.488 e. The van der Waals surface area contributed by atoms with Gasteiger partial charge in [0.1, 0.15) is 42.0 Å². The first kappa shape index (κ1) is 29.9. The number of ether oxygens (including phenoxy) is 4. The van der Waals surface area contributed by atoms with Gasteiger partial charge in [-0.05, 0) is 46.9 Å². The molecule has 1 fully saturated rings. The van der Waals surface area contributed by atoms with Crippen LogP contribution >= 0.6 is 0 Å². The van der Waals surface area contributed by atoms with Gasteiger partial charge in [0, 0.05) is 62.9 Å². The number of aryl methyl sites for hydroxylation is 1. The van der Waals surface area contributed by atoms with Crippen LogP contribution < -0.4 is 23.8 Å². The Balaban J connectivity index is 0.925. The van der Waals surface area contributed by atoms with Crippen molar-refractivity contribution < 1.29 is 37.0 Å². The average molecular weight is 628 g/mol. The summed E-state index contributed by atoms with van der Waals surface area (Å²) in [6.45, 7) is 4.80. The summed E-state index contributed by atoms with van der Waals surface area (Å²) >= 11 is 0. The zero-order valence-corrected chi connectivity index (χ0v) is 23.8. The van der Waals surface area contributed by atoms with Gasteiger partial charge in [-0.2, -0.15) is 0 Å². The quantitative estimate of drug-likeness (QED) is 0.177. The Morgan fingerprint density at radius 2 is 1.69 bits per heavy atom. The molecule has 1 aromatic carbocycles. The number of benzene rings is 1. The number of hydrogen-bond acceptors (Lipinski definition) is 11. The lowest BCUT2D eigenvalue weighted by atomic mass is 10.2. The number of hydrogen-bond donors (Lipinski definition) is 0. The molecule has 5 heterocycles. The fraction of sp³-hybridized carbons (Fsp3) is 0.345. The van der Waals surface area contributed by atoms with Crippen LogP contribution in [0.3, 0.4) is 0 Å². The first-order valence-electron chi connectivity index (χ1n) is 14.1. The highest BCUT2D eigenvalue weighted by Gasteiger charge is 2.31. The lowest BCUT2D eigenvalue weighted by Gasteiger charge is -2.35. The number of pyridine rings is 2. The number of piperazine rings is 1. The van der Waals surface area contributed by atoms with Gasteiger partial charge in [0.25, 0.3) is 0 Å². The molecule has 2 aliphatic heterocycles. The van der Waals surface area contributed by atoms with Crippen molar-refractivity contribution in [3.8, 4) is 29.1 Å². The molecule has 4 aromatic rings. The maximum Gasteiger partial charge on any atom is 0.573 e. The van der Waals surface area contributed by atoms with Crippen LogP contribution in [0, 0.1) is 10.1 Å². The van der Waals surface area contributed by atoms with Crippen LogP contribution in [0.2, 0.25) is 0 Å². The number of nitro groups is 1. The summed E-state index contributed by atoms with van der Waals surface area (Å²) in [5.41, 5.74) is 1.01. The van der Waals surface area contributed by atoms with E-state index in [1.165, 1.54) is 30.5 Å². The van der Waals surface area contributed by atoms with Crippen molar-refractivity contribution in [3.63, 3.8) is 0 Å². The molecule has 13 nitrogen and oxygen atoms in total. The predicted octanol–water partition coefficient (Wildman–Crippen LogP) is 4.82. The molecule has 0 saturated carbocycles. The fourth-order valence-corrected chi connectivity index (χ4v) is 4.96. The van der Waals surface area contributed by atoms with Crippen LogP contribution in [0.15, 0.2) is 67.1 Å². The zero-order chi connectivity index (χ0) is 31.4. The van der Waals surface area contributed by atoms with Gasteiger partial charge in [0.15, 0.2) is 0 Å². The Labute approximate surface area is 254 Å². The van der Waals surface area contributed by atoms with Crippen molar-refractivity contribution in [3.05, 3.63) is 82.8 Å². The SMILES string of the molecule is O=[N+]([O-])c1cn2c(n1)OC(COc1ccc(N3CCN(Cc4ccc(Oc5ccc(OC(F)(F)F)cc5)nc4)CC3)nc1)CC2. The molecule has 45 heavy (non-hydrogen) atoms. The molecule has 0 spiro atoms. The van der Waals surface area contributed by atoms with Gasteiger partial charge >= 0.3 is 18.2 Å². The molecule has 0 radical (unpaired) electrons. The predicted molar refractivity (Wildman–Crippen MR) is 153 cm³/mol. The summed E-state index contributed by atoms with van der Waals surface area (Å²) in [6.07, 6.45) is 0.397. The monoisotopic (exact) mass is 627 g/mol. The van der Waals surface area contributed by atoms with E-state index >= 15 is 0 Å². The van der Waals surface area contributed by atoms with E-state index in [0.717, 1.165) is 37.6 Å². The Hall–Kier alpha value is -5.12. The summed E-state index contributed by atoms with van der Waals surface area (Å²) < 4.78 is 59.7. The van der Waals surface area contributed by atoms with Gasteiger partial charge in [0.2, 0.25) is 5.88 Å². The third-order valence-corrected chi connectivity index (χ3v) is 7.21. The molecule has 236 valence electrons. The van der Waals surface area contributed by atoms with E-state index in [4.69, 9.17) is 14.2 Å². The van der Waals surface area contributed by atoms with Crippen molar-refractivity contribution in [1.29, 1.82) is 0 Å². The smallest absolute Gasteiger partial charge is 0.488 e. The second kappa shape index (κ2) is 12.9. The number of halogens is 3. The van der Waals surface area contributed by atoms with E-state index in [0.29, 0.717) is 36.9 Å². The Bertz CT molecular complexity index is 1590. The van der Waals surface area contributed by atoms with Gasteiger partial charge in [-0.3, -0.25) is 9.47 Å². The number of nitrogens with zero attached hydrogens (tertiary/aromatic N) is 7. The second-order valence-corrected chi connectivity index (χ2v) is 10.4. The number of imidazole rings is 1. The molecular weight excluding hydrogens is 599 g/mol. The zero-order valence-electron chi connectivity index (χ0n) is 23.8. The molecule has 0 N–H and O–H groups in total. The number of alkyl halides is 3. The minimum absolute atomic E-state index is 0.224. The van der Waals surface area contributed by atoms with Crippen LogP contribution in [0.1, 0.15) is 12.0 Å². The number of rotatable bonds is 10. The highest BCUT2D eigenvalue weighted by atomic mass is 19.4. The van der Waals surface area contributed by atoms with Crippen LogP contribution in [0.5, 0.6) is 29.1 Å². The third kappa shape index (κ3) is 7.89. The van der Waals surface area contributed by atoms with E-state index in [-0.39, 0.29) is 30.3 Å². The van der Waals surface area contributed by atoms with Gasteiger partial charge in [0.05, 0.1) is 6.20 Å². The molecule has 0 bridgehead atoms. The van der Waals surface area contributed by atoms with Gasteiger partial charge < -0.3 is 34.0 Å². The lowest BCUT2D eigenvalue weighted by molar-refractivity contribution is -0.389. The summed E-state index contributed by atoms with van der Waals surface area (Å²) in [4.78, 5) is 27.7. The van der Waals surface area contributed by atoms with Crippen molar-refractivity contribution in [2.24, 2.45) is 0 Å². The van der Waals surface area contributed by atoms with Crippen molar-refractivity contribution >= 4 is 11.6 Å². The Kier molecular flexibility index (Phi) is 8.55. The maximum absolute atomic E-state index is 12.3. The second-order valence-electron chi connectivity index (χ2n) is 10.4. The molecule has 6 rings (SSSR count). The fourth-order valence-electron chi connectivity index (χ4n) is 4.96. The lowest BCUT2D eigenvalue weighted by Crippen LogP contribution is -2.46. The largest absolute Gasteiger partial charge is 0.573 e. The molecular formula is C29H28F3N7O6. The Morgan fingerprint density at radius 1 is 0.933 bits per heavy atom. The van der Waals surface area contributed by atoms with E-state index < -0.39 is 11.3 Å². The molecule has 0 amide bonds. The minimum atomic E-state index is -4.75.